The van der Waals surface area contributed by atoms with E-state index in [0.717, 1.165) is 7.11 Å². The minimum Gasteiger partial charge on any atom is -0.468 e. The zero-order valence-corrected chi connectivity index (χ0v) is 10.6. The summed E-state index contributed by atoms with van der Waals surface area (Å²) >= 11 is 5.74. The number of halogens is 1. The van der Waals surface area contributed by atoms with Gasteiger partial charge in [0.05, 0.1) is 19.1 Å². The number of carbonyl (C=O) groups is 1. The van der Waals surface area contributed by atoms with Crippen molar-refractivity contribution in [3.63, 3.8) is 0 Å². The summed E-state index contributed by atoms with van der Waals surface area (Å²) < 4.78 is 4.53. The zero-order chi connectivity index (χ0) is 14.2. The standard InChI is InChI=1S/C12H9ClN2O4/c1-19-11(16)12(6-14)9(10(12)15(17)18)7-2-4-8(13)5-3-7/h2-5,9-10H,1H3. The van der Waals surface area contributed by atoms with E-state index in [9.17, 15) is 20.2 Å². The molecule has 0 aromatic heterocycles. The molecule has 1 fully saturated rings. The second kappa shape index (κ2) is 4.52. The fourth-order valence-corrected chi connectivity index (χ4v) is 2.50. The second-order valence-electron chi connectivity index (χ2n) is 4.23. The molecule has 1 aromatic carbocycles. The number of nitrogens with zero attached hydrogens (tertiary/aromatic N) is 2. The number of hydrogen-bond donors (Lipinski definition) is 0. The molecule has 98 valence electrons. The lowest BCUT2D eigenvalue weighted by atomic mass is 10.0. The highest BCUT2D eigenvalue weighted by Crippen LogP contribution is 2.61. The summed E-state index contributed by atoms with van der Waals surface area (Å²) in [6.07, 6.45) is 0. The smallest absolute Gasteiger partial charge is 0.334 e. The number of esters is 1. The Balaban J connectivity index is 2.45. The number of carbonyl (C=O) groups excluding carboxylic acids is 1. The maximum atomic E-state index is 11.7. The van der Waals surface area contributed by atoms with Gasteiger partial charge in [0.2, 0.25) is 5.41 Å². The number of methoxy groups -OCH3 is 1. The van der Waals surface area contributed by atoms with Crippen LogP contribution in [0.2, 0.25) is 5.02 Å². The molecule has 0 saturated heterocycles. The zero-order valence-electron chi connectivity index (χ0n) is 9.87. The first-order chi connectivity index (χ1) is 8.98. The molecular formula is C12H9ClN2O4. The molecule has 1 aliphatic rings. The minimum absolute atomic E-state index is 0.475. The van der Waals surface area contributed by atoms with Crippen molar-refractivity contribution in [2.45, 2.75) is 12.0 Å². The van der Waals surface area contributed by atoms with Gasteiger partial charge in [0.25, 0.3) is 6.04 Å². The average Bonchev–Trinajstić information content (AvgIpc) is 3.09. The highest BCUT2D eigenvalue weighted by Gasteiger charge is 2.81. The molecule has 6 nitrogen and oxygen atoms in total. The third-order valence-corrected chi connectivity index (χ3v) is 3.58. The Hall–Kier alpha value is -2.13. The van der Waals surface area contributed by atoms with E-state index in [1.165, 1.54) is 0 Å². The molecule has 0 heterocycles. The van der Waals surface area contributed by atoms with E-state index in [-0.39, 0.29) is 0 Å². The number of nitro groups is 1. The van der Waals surface area contributed by atoms with Gasteiger partial charge in [0.1, 0.15) is 0 Å². The van der Waals surface area contributed by atoms with E-state index in [4.69, 9.17) is 11.6 Å². The lowest BCUT2D eigenvalue weighted by molar-refractivity contribution is -0.501. The van der Waals surface area contributed by atoms with Crippen molar-refractivity contribution in [1.82, 2.24) is 0 Å². The minimum atomic E-state index is -1.74. The monoisotopic (exact) mass is 280 g/mol. The largest absolute Gasteiger partial charge is 0.468 e. The van der Waals surface area contributed by atoms with E-state index in [1.54, 1.807) is 30.3 Å². The molecule has 3 unspecified atom stereocenters. The molecule has 1 saturated carbocycles. The van der Waals surface area contributed by atoms with Crippen molar-refractivity contribution in [2.24, 2.45) is 5.41 Å². The predicted molar refractivity (Wildman–Crippen MR) is 65.0 cm³/mol. The van der Waals surface area contributed by atoms with Gasteiger partial charge in [-0.15, -0.1) is 0 Å². The van der Waals surface area contributed by atoms with Gasteiger partial charge in [-0.25, -0.2) is 0 Å². The Bertz CT molecular complexity index is 580. The summed E-state index contributed by atoms with van der Waals surface area (Å²) in [5.74, 6) is -1.69. The van der Waals surface area contributed by atoms with Crippen molar-refractivity contribution in [1.29, 1.82) is 5.26 Å². The number of ether oxygens (including phenoxy) is 1. The third kappa shape index (κ3) is 1.83. The van der Waals surface area contributed by atoms with Crippen LogP contribution in [0.15, 0.2) is 24.3 Å². The van der Waals surface area contributed by atoms with Crippen LogP contribution >= 0.6 is 11.6 Å². The average molecular weight is 281 g/mol. The third-order valence-electron chi connectivity index (χ3n) is 3.33. The molecule has 0 spiro atoms. The van der Waals surface area contributed by atoms with Crippen molar-refractivity contribution in [2.75, 3.05) is 7.11 Å². The van der Waals surface area contributed by atoms with Crippen LogP contribution in [-0.2, 0) is 9.53 Å². The predicted octanol–water partition coefficient (Wildman–Crippen LogP) is 1.77. The lowest BCUT2D eigenvalue weighted by Gasteiger charge is -2.03. The van der Waals surface area contributed by atoms with Crippen LogP contribution in [0.1, 0.15) is 11.5 Å². The molecule has 3 atom stereocenters. The normalized spacial score (nSPS) is 28.3. The summed E-state index contributed by atoms with van der Waals surface area (Å²) in [5, 5.41) is 20.7. The molecule has 2 rings (SSSR count). The first kappa shape index (κ1) is 13.3. The maximum Gasteiger partial charge on any atom is 0.334 e. The van der Waals surface area contributed by atoms with Crippen molar-refractivity contribution in [3.8, 4) is 6.07 Å². The fraction of sp³-hybridized carbons (Fsp3) is 0.333. The van der Waals surface area contributed by atoms with E-state index < -0.39 is 28.3 Å². The van der Waals surface area contributed by atoms with Gasteiger partial charge in [0, 0.05) is 9.95 Å². The van der Waals surface area contributed by atoms with Crippen LogP contribution in [0.4, 0.5) is 0 Å². The van der Waals surface area contributed by atoms with Crippen LogP contribution in [0.5, 0.6) is 0 Å². The van der Waals surface area contributed by atoms with E-state index >= 15 is 0 Å². The van der Waals surface area contributed by atoms with Gasteiger partial charge < -0.3 is 4.74 Å². The highest BCUT2D eigenvalue weighted by atomic mass is 35.5. The van der Waals surface area contributed by atoms with Crippen molar-refractivity contribution < 1.29 is 14.5 Å². The molecular weight excluding hydrogens is 272 g/mol. The van der Waals surface area contributed by atoms with Crippen LogP contribution in [0.25, 0.3) is 0 Å². The molecule has 19 heavy (non-hydrogen) atoms. The van der Waals surface area contributed by atoms with Crippen LogP contribution in [0.3, 0.4) is 0 Å². The van der Waals surface area contributed by atoms with Crippen molar-refractivity contribution in [3.05, 3.63) is 45.0 Å². The summed E-state index contributed by atoms with van der Waals surface area (Å²) in [6, 6.07) is 6.73. The summed E-state index contributed by atoms with van der Waals surface area (Å²) in [4.78, 5) is 22.1. The van der Waals surface area contributed by atoms with Gasteiger partial charge in [-0.2, -0.15) is 5.26 Å². The van der Waals surface area contributed by atoms with Gasteiger partial charge in [-0.05, 0) is 17.7 Å². The number of rotatable bonds is 3. The first-order valence-corrected chi connectivity index (χ1v) is 5.75. The summed E-state index contributed by atoms with van der Waals surface area (Å²) in [5.41, 5.74) is -1.22. The SMILES string of the molecule is COC(=O)C1(C#N)C(c2ccc(Cl)cc2)C1[N+](=O)[O-]. The molecule has 0 radical (unpaired) electrons. The Labute approximate surface area is 113 Å². The number of nitriles is 1. The van der Waals surface area contributed by atoms with Gasteiger partial charge >= 0.3 is 5.97 Å². The molecule has 0 amide bonds. The van der Waals surface area contributed by atoms with Crippen molar-refractivity contribution >= 4 is 17.6 Å². The van der Waals surface area contributed by atoms with Crippen LogP contribution in [0, 0.1) is 26.9 Å². The second-order valence-corrected chi connectivity index (χ2v) is 4.67. The van der Waals surface area contributed by atoms with Crippen LogP contribution < -0.4 is 0 Å². The summed E-state index contributed by atoms with van der Waals surface area (Å²) in [7, 11) is 1.11. The molecule has 0 N–H and O–H groups in total. The molecule has 1 aliphatic carbocycles. The number of benzene rings is 1. The van der Waals surface area contributed by atoms with Gasteiger partial charge in [-0.1, -0.05) is 23.7 Å². The van der Waals surface area contributed by atoms with E-state index in [1.807, 2.05) is 0 Å². The first-order valence-electron chi connectivity index (χ1n) is 5.37. The highest BCUT2D eigenvalue weighted by molar-refractivity contribution is 6.30. The van der Waals surface area contributed by atoms with Gasteiger partial charge in [0.15, 0.2) is 0 Å². The lowest BCUT2D eigenvalue weighted by Crippen LogP contribution is -2.23. The topological polar surface area (TPSA) is 93.2 Å². The maximum absolute atomic E-state index is 11.7. The van der Waals surface area contributed by atoms with Gasteiger partial charge in [-0.3, -0.25) is 14.9 Å². The Morgan fingerprint density at radius 3 is 2.53 bits per heavy atom. The van der Waals surface area contributed by atoms with E-state index in [2.05, 4.69) is 4.74 Å². The number of hydrogen-bond acceptors (Lipinski definition) is 5. The van der Waals surface area contributed by atoms with E-state index in [0.29, 0.717) is 10.6 Å². The molecule has 0 bridgehead atoms. The Morgan fingerprint density at radius 1 is 1.53 bits per heavy atom. The quantitative estimate of drug-likeness (QED) is 0.478. The van der Waals surface area contributed by atoms with Crippen LogP contribution in [-0.4, -0.2) is 24.0 Å². The molecule has 1 aromatic rings. The molecule has 0 aliphatic heterocycles. The Morgan fingerprint density at radius 2 is 2.11 bits per heavy atom. The Kier molecular flexibility index (Phi) is 3.16. The summed E-state index contributed by atoms with van der Waals surface area (Å²) in [6.45, 7) is 0. The molecule has 7 heteroatoms. The fourth-order valence-electron chi connectivity index (χ4n) is 2.37.